The molecule has 0 fully saturated rings. The summed E-state index contributed by atoms with van der Waals surface area (Å²) in [5, 5.41) is 0. The van der Waals surface area contributed by atoms with Crippen molar-refractivity contribution in [1.82, 2.24) is 0 Å². The lowest BCUT2D eigenvalue weighted by Gasteiger charge is -2.18. The molecular weight excluding hydrogens is 961 g/mol. The van der Waals surface area contributed by atoms with E-state index in [0.717, 1.165) is 154 Å². The highest BCUT2D eigenvalue weighted by atomic mass is 16.6. The van der Waals surface area contributed by atoms with E-state index in [1.165, 1.54) is 32.1 Å². The molecule has 0 aliphatic heterocycles. The van der Waals surface area contributed by atoms with Crippen molar-refractivity contribution in [3.63, 3.8) is 0 Å². The highest BCUT2D eigenvalue weighted by molar-refractivity contribution is 5.71. The minimum atomic E-state index is -0.825. The van der Waals surface area contributed by atoms with E-state index in [0.29, 0.717) is 19.3 Å². The third-order valence-electron chi connectivity index (χ3n) is 12.2. The van der Waals surface area contributed by atoms with Crippen LogP contribution in [0.5, 0.6) is 0 Å². The van der Waals surface area contributed by atoms with Crippen LogP contribution in [0.2, 0.25) is 0 Å². The van der Waals surface area contributed by atoms with Crippen LogP contribution in [0.4, 0.5) is 0 Å². The van der Waals surface area contributed by atoms with Crippen LogP contribution in [-0.2, 0) is 28.6 Å². The fraction of sp³-hybridized carbons (Fsp3) is 0.542. The number of carbonyl (C=O) groups is 3. The van der Waals surface area contributed by atoms with E-state index in [1.54, 1.807) is 0 Å². The molecular formula is C72H110O6. The second-order valence-electron chi connectivity index (χ2n) is 19.5. The number of ether oxygens (including phenoxy) is 3. The molecule has 0 aliphatic carbocycles. The van der Waals surface area contributed by atoms with Gasteiger partial charge in [0.25, 0.3) is 0 Å². The number of hydrogen-bond acceptors (Lipinski definition) is 6. The van der Waals surface area contributed by atoms with Gasteiger partial charge in [0, 0.05) is 19.3 Å². The monoisotopic (exact) mass is 1070 g/mol. The van der Waals surface area contributed by atoms with Crippen LogP contribution >= 0.6 is 0 Å². The van der Waals surface area contributed by atoms with Gasteiger partial charge in [0.1, 0.15) is 13.2 Å². The number of esters is 3. The zero-order valence-corrected chi connectivity index (χ0v) is 49.6. The minimum Gasteiger partial charge on any atom is -0.462 e. The molecule has 0 aromatic heterocycles. The summed E-state index contributed by atoms with van der Waals surface area (Å²) in [4.78, 5) is 38.0. The zero-order chi connectivity index (χ0) is 56.4. The van der Waals surface area contributed by atoms with Crippen molar-refractivity contribution in [1.29, 1.82) is 0 Å². The Labute approximate surface area is 478 Å². The van der Waals surface area contributed by atoms with Crippen LogP contribution < -0.4 is 0 Å². The molecule has 6 nitrogen and oxygen atoms in total. The Morgan fingerprint density at radius 3 is 0.821 bits per heavy atom. The SMILES string of the molecule is CC/C=C\C/C=C\C/C=C\C/C=C\C/C=C\C/C=C\C/C=C\C/C=C\C/C=C\C/C=C\CCCCCCC(=O)OCC(COC(=O)CCCCCCCCCC)OC(=O)CCC/C=C\C/C=C\C/C=C\C/C=C\C/C=C\CC. The Hall–Kier alpha value is -5.49. The van der Waals surface area contributed by atoms with Gasteiger partial charge in [-0.1, -0.05) is 261 Å². The second-order valence-corrected chi connectivity index (χ2v) is 19.5. The van der Waals surface area contributed by atoms with E-state index in [2.05, 4.69) is 203 Å². The molecule has 0 N–H and O–H groups in total. The van der Waals surface area contributed by atoms with Gasteiger partial charge < -0.3 is 14.2 Å². The van der Waals surface area contributed by atoms with Gasteiger partial charge in [0.2, 0.25) is 0 Å². The van der Waals surface area contributed by atoms with Gasteiger partial charge in [-0.2, -0.15) is 0 Å². The lowest BCUT2D eigenvalue weighted by atomic mass is 10.1. The van der Waals surface area contributed by atoms with Crippen LogP contribution in [0.1, 0.15) is 233 Å². The number of unbranched alkanes of at least 4 members (excludes halogenated alkanes) is 12. The molecule has 0 aliphatic rings. The molecule has 78 heavy (non-hydrogen) atoms. The average Bonchev–Trinajstić information content (AvgIpc) is 3.44. The Bertz CT molecular complexity index is 1850. The lowest BCUT2D eigenvalue weighted by Crippen LogP contribution is -2.30. The lowest BCUT2D eigenvalue weighted by molar-refractivity contribution is -0.167. The molecule has 0 rings (SSSR count). The number of carbonyl (C=O) groups excluding carboxylic acids is 3. The van der Waals surface area contributed by atoms with E-state index in [-0.39, 0.29) is 37.5 Å². The van der Waals surface area contributed by atoms with E-state index in [9.17, 15) is 14.4 Å². The molecule has 0 bridgehead atoms. The zero-order valence-electron chi connectivity index (χ0n) is 49.6. The maximum absolute atomic E-state index is 12.8. The van der Waals surface area contributed by atoms with Gasteiger partial charge in [-0.05, 0) is 135 Å². The minimum absolute atomic E-state index is 0.116. The van der Waals surface area contributed by atoms with Gasteiger partial charge >= 0.3 is 17.9 Å². The summed E-state index contributed by atoms with van der Waals surface area (Å²) in [5.41, 5.74) is 0. The van der Waals surface area contributed by atoms with Crippen LogP contribution in [0.25, 0.3) is 0 Å². The summed E-state index contributed by atoms with van der Waals surface area (Å²) >= 11 is 0. The third-order valence-corrected chi connectivity index (χ3v) is 12.2. The maximum atomic E-state index is 12.8. The summed E-state index contributed by atoms with van der Waals surface area (Å²) in [6, 6.07) is 0. The quantitative estimate of drug-likeness (QED) is 0.0261. The molecule has 434 valence electrons. The summed E-state index contributed by atoms with van der Waals surface area (Å²) in [7, 11) is 0. The first-order chi connectivity index (χ1) is 38.5. The van der Waals surface area contributed by atoms with Crippen molar-refractivity contribution >= 4 is 17.9 Å². The number of hydrogen-bond donors (Lipinski definition) is 0. The molecule has 0 spiro atoms. The van der Waals surface area contributed by atoms with Crippen molar-refractivity contribution in [2.45, 2.75) is 239 Å². The van der Waals surface area contributed by atoms with Crippen LogP contribution in [0.15, 0.2) is 182 Å². The fourth-order valence-electron chi connectivity index (χ4n) is 7.62. The summed E-state index contributed by atoms with van der Waals surface area (Å²) in [6.45, 7) is 6.29. The van der Waals surface area contributed by atoms with Crippen LogP contribution in [0.3, 0.4) is 0 Å². The molecule has 0 saturated heterocycles. The standard InChI is InChI=1S/C72H110O6/c1-4-7-10-13-16-19-21-23-25-27-28-29-30-31-32-33-34-35-36-37-38-39-40-41-42-43-44-46-47-49-51-53-56-59-62-65-71(74)77-68-69(67-76-70(73)64-61-58-55-18-15-12-9-6-3)78-72(75)66-63-60-57-54-52-50-48-45-26-24-22-20-17-14-11-8-5-2/h7-8,10-11,16-17,19-20,23-26,28-29,31-32,34-35,37-38,40-41,43-44,47-50,54,57,69H,4-6,9,12-15,18,21-22,27,30,33,36,39,42,45-46,51-53,55-56,58-68H2,1-3H3/b10-7-,11-8-,19-16-,20-17-,25-23-,26-24-,29-28-,32-31-,35-34-,38-37-,41-40-,44-43-,49-47-,50-48-,57-54-. The Kier molecular flexibility index (Phi) is 59.5. The largest absolute Gasteiger partial charge is 0.462 e. The normalized spacial score (nSPS) is 13.4. The maximum Gasteiger partial charge on any atom is 0.306 e. The van der Waals surface area contributed by atoms with Gasteiger partial charge in [0.05, 0.1) is 0 Å². The molecule has 0 heterocycles. The predicted octanol–water partition coefficient (Wildman–Crippen LogP) is 21.3. The van der Waals surface area contributed by atoms with E-state index in [1.807, 2.05) is 0 Å². The van der Waals surface area contributed by atoms with E-state index in [4.69, 9.17) is 14.2 Å². The predicted molar refractivity (Wildman–Crippen MR) is 338 cm³/mol. The Balaban J connectivity index is 4.31. The van der Waals surface area contributed by atoms with E-state index < -0.39 is 6.10 Å². The molecule has 0 aromatic carbocycles. The topological polar surface area (TPSA) is 78.9 Å². The highest BCUT2D eigenvalue weighted by Crippen LogP contribution is 2.12. The van der Waals surface area contributed by atoms with Crippen molar-refractivity contribution in [2.24, 2.45) is 0 Å². The first-order valence-electron chi connectivity index (χ1n) is 30.8. The van der Waals surface area contributed by atoms with Crippen LogP contribution in [-0.4, -0.2) is 37.2 Å². The molecule has 1 atom stereocenters. The smallest absolute Gasteiger partial charge is 0.306 e. The van der Waals surface area contributed by atoms with Crippen LogP contribution in [0, 0.1) is 0 Å². The van der Waals surface area contributed by atoms with E-state index >= 15 is 0 Å². The molecule has 1 unspecified atom stereocenters. The highest BCUT2D eigenvalue weighted by Gasteiger charge is 2.19. The van der Waals surface area contributed by atoms with Gasteiger partial charge in [-0.15, -0.1) is 0 Å². The molecule has 6 heteroatoms. The Morgan fingerprint density at radius 1 is 0.269 bits per heavy atom. The molecule has 0 saturated carbocycles. The van der Waals surface area contributed by atoms with Gasteiger partial charge in [-0.25, -0.2) is 0 Å². The molecule has 0 aromatic rings. The second kappa shape index (κ2) is 64.0. The van der Waals surface area contributed by atoms with Gasteiger partial charge in [-0.3, -0.25) is 14.4 Å². The molecule has 0 amide bonds. The summed E-state index contributed by atoms with van der Waals surface area (Å²) in [6.07, 6.45) is 96.3. The van der Waals surface area contributed by atoms with Gasteiger partial charge in [0.15, 0.2) is 6.10 Å². The Morgan fingerprint density at radius 2 is 0.513 bits per heavy atom. The number of rotatable bonds is 53. The van der Waals surface area contributed by atoms with Crippen molar-refractivity contribution in [2.75, 3.05) is 13.2 Å². The first-order valence-corrected chi connectivity index (χ1v) is 30.8. The van der Waals surface area contributed by atoms with Crippen molar-refractivity contribution in [3.8, 4) is 0 Å². The summed E-state index contributed by atoms with van der Waals surface area (Å²) < 4.78 is 16.7. The van der Waals surface area contributed by atoms with Crippen molar-refractivity contribution in [3.05, 3.63) is 182 Å². The first kappa shape index (κ1) is 72.5. The average molecular weight is 1070 g/mol. The fourth-order valence-corrected chi connectivity index (χ4v) is 7.62. The number of allylic oxidation sites excluding steroid dienone is 30. The third kappa shape index (κ3) is 61.4. The molecule has 0 radical (unpaired) electrons. The van der Waals surface area contributed by atoms with Crippen molar-refractivity contribution < 1.29 is 28.6 Å². The summed E-state index contributed by atoms with van der Waals surface area (Å²) in [5.74, 6) is -1.02.